The second-order valence-corrected chi connectivity index (χ2v) is 3.98. The second kappa shape index (κ2) is 4.99. The molecule has 3 aromatic rings. The van der Waals surface area contributed by atoms with Crippen LogP contribution < -0.4 is 10.5 Å². The van der Waals surface area contributed by atoms with Gasteiger partial charge in [0.15, 0.2) is 0 Å². The summed E-state index contributed by atoms with van der Waals surface area (Å²) in [6.07, 6.45) is 4.83. The standard InChI is InChI=1S/C14H12N4O/c15-8-13-14(17-6-5-16-13)19-11-7-10-3-1-2-4-12(10)18-9-11/h1-7,9H,8,15H2. The summed E-state index contributed by atoms with van der Waals surface area (Å²) >= 11 is 0. The van der Waals surface area contributed by atoms with Crippen molar-refractivity contribution in [2.45, 2.75) is 6.54 Å². The van der Waals surface area contributed by atoms with Gasteiger partial charge in [-0.25, -0.2) is 4.98 Å². The lowest BCUT2D eigenvalue weighted by atomic mass is 10.2. The van der Waals surface area contributed by atoms with Crippen LogP contribution in [0.1, 0.15) is 5.69 Å². The van der Waals surface area contributed by atoms with Crippen molar-refractivity contribution in [3.8, 4) is 11.6 Å². The number of hydrogen-bond acceptors (Lipinski definition) is 5. The van der Waals surface area contributed by atoms with E-state index in [1.807, 2.05) is 30.3 Å². The molecule has 3 rings (SSSR count). The summed E-state index contributed by atoms with van der Waals surface area (Å²) < 4.78 is 5.69. The van der Waals surface area contributed by atoms with Crippen LogP contribution in [0.2, 0.25) is 0 Å². The monoisotopic (exact) mass is 252 g/mol. The topological polar surface area (TPSA) is 73.9 Å². The summed E-state index contributed by atoms with van der Waals surface area (Å²) in [5, 5.41) is 1.01. The van der Waals surface area contributed by atoms with E-state index in [4.69, 9.17) is 10.5 Å². The van der Waals surface area contributed by atoms with Gasteiger partial charge >= 0.3 is 0 Å². The van der Waals surface area contributed by atoms with Crippen LogP contribution in [0.4, 0.5) is 0 Å². The van der Waals surface area contributed by atoms with Gasteiger partial charge in [-0.1, -0.05) is 18.2 Å². The average molecular weight is 252 g/mol. The molecule has 94 valence electrons. The minimum atomic E-state index is 0.282. The van der Waals surface area contributed by atoms with Crippen LogP contribution in [0.15, 0.2) is 48.9 Å². The Hall–Kier alpha value is -2.53. The normalized spacial score (nSPS) is 10.6. The highest BCUT2D eigenvalue weighted by Gasteiger charge is 2.06. The van der Waals surface area contributed by atoms with Gasteiger partial charge in [0.1, 0.15) is 11.4 Å². The largest absolute Gasteiger partial charge is 0.436 e. The Kier molecular flexibility index (Phi) is 3.04. The van der Waals surface area contributed by atoms with Gasteiger partial charge in [-0.2, -0.15) is 0 Å². The Morgan fingerprint density at radius 3 is 2.79 bits per heavy atom. The van der Waals surface area contributed by atoms with Crippen molar-refractivity contribution >= 4 is 10.9 Å². The molecule has 0 aliphatic heterocycles. The van der Waals surface area contributed by atoms with Crippen molar-refractivity contribution in [2.75, 3.05) is 0 Å². The van der Waals surface area contributed by atoms with Crippen LogP contribution in [0.5, 0.6) is 11.6 Å². The number of fused-ring (bicyclic) bond motifs is 1. The fraction of sp³-hybridized carbons (Fsp3) is 0.0714. The van der Waals surface area contributed by atoms with E-state index >= 15 is 0 Å². The van der Waals surface area contributed by atoms with Crippen molar-refractivity contribution < 1.29 is 4.74 Å². The first-order valence-electron chi connectivity index (χ1n) is 5.89. The first-order chi connectivity index (χ1) is 9.36. The molecular weight excluding hydrogens is 240 g/mol. The summed E-state index contributed by atoms with van der Waals surface area (Å²) in [7, 11) is 0. The maximum atomic E-state index is 5.69. The lowest BCUT2D eigenvalue weighted by molar-refractivity contribution is 0.451. The number of para-hydroxylation sites is 1. The number of benzene rings is 1. The summed E-state index contributed by atoms with van der Waals surface area (Å²) in [5.74, 6) is 1.04. The van der Waals surface area contributed by atoms with Gasteiger partial charge in [0.2, 0.25) is 5.88 Å². The van der Waals surface area contributed by atoms with Crippen molar-refractivity contribution in [2.24, 2.45) is 5.73 Å². The third-order valence-corrected chi connectivity index (χ3v) is 2.71. The van der Waals surface area contributed by atoms with E-state index in [1.165, 1.54) is 0 Å². The second-order valence-electron chi connectivity index (χ2n) is 3.98. The number of nitrogens with zero attached hydrogens (tertiary/aromatic N) is 3. The predicted octanol–water partition coefficient (Wildman–Crippen LogP) is 2.28. The number of hydrogen-bond donors (Lipinski definition) is 1. The molecule has 0 radical (unpaired) electrons. The number of rotatable bonds is 3. The first-order valence-corrected chi connectivity index (χ1v) is 5.89. The van der Waals surface area contributed by atoms with Gasteiger partial charge < -0.3 is 10.5 Å². The molecule has 0 bridgehead atoms. The molecule has 2 aromatic heterocycles. The molecule has 19 heavy (non-hydrogen) atoms. The van der Waals surface area contributed by atoms with Crippen LogP contribution in [0.25, 0.3) is 10.9 Å². The van der Waals surface area contributed by atoms with Gasteiger partial charge in [-0.3, -0.25) is 9.97 Å². The third kappa shape index (κ3) is 2.36. The van der Waals surface area contributed by atoms with E-state index in [2.05, 4.69) is 15.0 Å². The molecule has 5 nitrogen and oxygen atoms in total. The molecule has 0 saturated heterocycles. The number of aromatic nitrogens is 3. The Bertz CT molecular complexity index is 714. The van der Waals surface area contributed by atoms with Crippen molar-refractivity contribution in [1.29, 1.82) is 0 Å². The highest BCUT2D eigenvalue weighted by Crippen LogP contribution is 2.23. The zero-order valence-corrected chi connectivity index (χ0v) is 10.2. The van der Waals surface area contributed by atoms with Crippen LogP contribution in [0.3, 0.4) is 0 Å². The highest BCUT2D eigenvalue weighted by atomic mass is 16.5. The van der Waals surface area contributed by atoms with Crippen LogP contribution in [0, 0.1) is 0 Å². The van der Waals surface area contributed by atoms with E-state index < -0.39 is 0 Å². The number of ether oxygens (including phenoxy) is 1. The SMILES string of the molecule is NCc1nccnc1Oc1cnc2ccccc2c1. The number of nitrogens with two attached hydrogens (primary N) is 1. The average Bonchev–Trinajstić information content (AvgIpc) is 2.48. The van der Waals surface area contributed by atoms with Crippen LogP contribution >= 0.6 is 0 Å². The molecule has 0 spiro atoms. The van der Waals surface area contributed by atoms with E-state index in [0.29, 0.717) is 17.3 Å². The van der Waals surface area contributed by atoms with Gasteiger partial charge in [-0.05, 0) is 12.1 Å². The van der Waals surface area contributed by atoms with Crippen LogP contribution in [-0.2, 0) is 6.54 Å². The summed E-state index contributed by atoms with van der Waals surface area (Å²) in [4.78, 5) is 12.6. The van der Waals surface area contributed by atoms with E-state index in [1.54, 1.807) is 18.6 Å². The maximum Gasteiger partial charge on any atom is 0.242 e. The lowest BCUT2D eigenvalue weighted by Gasteiger charge is -2.07. The summed E-state index contributed by atoms with van der Waals surface area (Å²) in [6, 6.07) is 9.76. The van der Waals surface area contributed by atoms with Crippen molar-refractivity contribution in [1.82, 2.24) is 15.0 Å². The Labute approximate surface area is 110 Å². The summed E-state index contributed by atoms with van der Waals surface area (Å²) in [6.45, 7) is 0.282. The molecule has 5 heteroatoms. The van der Waals surface area contributed by atoms with Gasteiger partial charge in [0.25, 0.3) is 0 Å². The molecule has 0 saturated carbocycles. The summed E-state index contributed by atoms with van der Waals surface area (Å²) in [5.41, 5.74) is 7.14. The van der Waals surface area contributed by atoms with Crippen molar-refractivity contribution in [3.05, 3.63) is 54.6 Å². The third-order valence-electron chi connectivity index (χ3n) is 2.71. The Balaban J connectivity index is 1.96. The molecule has 0 aliphatic carbocycles. The Morgan fingerprint density at radius 1 is 1.05 bits per heavy atom. The fourth-order valence-corrected chi connectivity index (χ4v) is 1.80. The smallest absolute Gasteiger partial charge is 0.242 e. The lowest BCUT2D eigenvalue weighted by Crippen LogP contribution is -2.03. The fourth-order valence-electron chi connectivity index (χ4n) is 1.80. The molecule has 2 N–H and O–H groups in total. The number of pyridine rings is 1. The van der Waals surface area contributed by atoms with Crippen LogP contribution in [-0.4, -0.2) is 15.0 Å². The van der Waals surface area contributed by atoms with E-state index in [-0.39, 0.29) is 6.54 Å². The highest BCUT2D eigenvalue weighted by molar-refractivity contribution is 5.79. The molecule has 0 fully saturated rings. The first kappa shape index (κ1) is 11.6. The minimum absolute atomic E-state index is 0.282. The van der Waals surface area contributed by atoms with Crippen molar-refractivity contribution in [3.63, 3.8) is 0 Å². The maximum absolute atomic E-state index is 5.69. The minimum Gasteiger partial charge on any atom is -0.436 e. The van der Waals surface area contributed by atoms with E-state index in [9.17, 15) is 0 Å². The van der Waals surface area contributed by atoms with Gasteiger partial charge in [0, 0.05) is 24.3 Å². The molecule has 0 aliphatic rings. The zero-order valence-electron chi connectivity index (χ0n) is 10.2. The van der Waals surface area contributed by atoms with Gasteiger partial charge in [-0.15, -0.1) is 0 Å². The van der Waals surface area contributed by atoms with Gasteiger partial charge in [0.05, 0.1) is 11.7 Å². The van der Waals surface area contributed by atoms with E-state index in [0.717, 1.165) is 10.9 Å². The molecule has 0 amide bonds. The molecule has 0 atom stereocenters. The molecule has 2 heterocycles. The zero-order chi connectivity index (χ0) is 13.1. The Morgan fingerprint density at radius 2 is 1.89 bits per heavy atom. The quantitative estimate of drug-likeness (QED) is 0.774. The predicted molar refractivity (Wildman–Crippen MR) is 71.7 cm³/mol. The molecule has 1 aromatic carbocycles. The molecule has 0 unspecified atom stereocenters. The molecular formula is C14H12N4O.